The Kier molecular flexibility index (Phi) is 2.71. The van der Waals surface area contributed by atoms with Crippen LogP contribution in [-0.4, -0.2) is 18.0 Å². The van der Waals surface area contributed by atoms with Crippen LogP contribution >= 0.6 is 0 Å². The highest BCUT2D eigenvalue weighted by molar-refractivity contribution is 5.83. The van der Waals surface area contributed by atoms with Crippen LogP contribution in [0, 0.1) is 5.82 Å². The van der Waals surface area contributed by atoms with Gasteiger partial charge in [0, 0.05) is 6.42 Å². The fraction of sp³-hybridized carbons (Fsp3) is 0.133. The van der Waals surface area contributed by atoms with Crippen molar-refractivity contribution in [2.75, 3.05) is 6.61 Å². The third-order valence-corrected chi connectivity index (χ3v) is 3.24. The van der Waals surface area contributed by atoms with E-state index < -0.39 is 11.6 Å². The van der Waals surface area contributed by atoms with Gasteiger partial charge < -0.3 is 9.84 Å². The summed E-state index contributed by atoms with van der Waals surface area (Å²) in [6.45, 7) is 0.655. The predicted octanol–water partition coefficient (Wildman–Crippen LogP) is 2.95. The molecular formula is C15H11FO3. The van der Waals surface area contributed by atoms with Crippen molar-refractivity contribution in [3.8, 4) is 22.6 Å². The van der Waals surface area contributed by atoms with Crippen LogP contribution in [0.2, 0.25) is 0 Å². The van der Waals surface area contributed by atoms with Gasteiger partial charge in [0.2, 0.25) is 0 Å². The molecule has 1 aliphatic rings. The SMILES string of the molecule is O=Cc1cc(-c2ccc3c(c2)CCO3)cc(F)c1O. The monoisotopic (exact) mass is 258 g/mol. The van der Waals surface area contributed by atoms with Crippen molar-refractivity contribution in [3.63, 3.8) is 0 Å². The molecule has 1 N–H and O–H groups in total. The van der Waals surface area contributed by atoms with E-state index in [1.165, 1.54) is 12.1 Å². The van der Waals surface area contributed by atoms with Gasteiger partial charge >= 0.3 is 0 Å². The Hall–Kier alpha value is -2.36. The molecule has 3 rings (SSSR count). The Morgan fingerprint density at radius 1 is 1.21 bits per heavy atom. The number of aldehydes is 1. The van der Waals surface area contributed by atoms with E-state index in [4.69, 9.17) is 4.74 Å². The average Bonchev–Trinajstić information content (AvgIpc) is 2.89. The molecule has 0 radical (unpaired) electrons. The quantitative estimate of drug-likeness (QED) is 0.842. The topological polar surface area (TPSA) is 46.5 Å². The van der Waals surface area contributed by atoms with Crippen molar-refractivity contribution in [2.45, 2.75) is 6.42 Å². The number of hydrogen-bond donors (Lipinski definition) is 1. The molecule has 0 unspecified atom stereocenters. The molecule has 0 aromatic heterocycles. The zero-order valence-electron chi connectivity index (χ0n) is 10.0. The van der Waals surface area contributed by atoms with Gasteiger partial charge in [-0.25, -0.2) is 4.39 Å². The number of rotatable bonds is 2. The molecule has 1 aliphatic heterocycles. The minimum absolute atomic E-state index is 0.0493. The number of hydrogen-bond acceptors (Lipinski definition) is 3. The number of phenols is 1. The fourth-order valence-corrected chi connectivity index (χ4v) is 2.24. The number of fused-ring (bicyclic) bond motifs is 1. The Morgan fingerprint density at radius 2 is 2.05 bits per heavy atom. The van der Waals surface area contributed by atoms with Crippen LogP contribution in [0.3, 0.4) is 0 Å². The van der Waals surface area contributed by atoms with Crippen molar-refractivity contribution in [1.82, 2.24) is 0 Å². The van der Waals surface area contributed by atoms with Gasteiger partial charge in [0.15, 0.2) is 17.9 Å². The first kappa shape index (κ1) is 11.7. The lowest BCUT2D eigenvalue weighted by Gasteiger charge is -2.07. The number of aromatic hydroxyl groups is 1. The summed E-state index contributed by atoms with van der Waals surface area (Å²) >= 11 is 0. The van der Waals surface area contributed by atoms with Crippen molar-refractivity contribution in [2.24, 2.45) is 0 Å². The molecule has 0 atom stereocenters. The predicted molar refractivity (Wildman–Crippen MR) is 68.1 cm³/mol. The molecule has 0 amide bonds. The average molecular weight is 258 g/mol. The van der Waals surface area contributed by atoms with Crippen molar-refractivity contribution in [1.29, 1.82) is 0 Å². The molecule has 0 spiro atoms. The van der Waals surface area contributed by atoms with E-state index >= 15 is 0 Å². The Morgan fingerprint density at radius 3 is 2.84 bits per heavy atom. The van der Waals surface area contributed by atoms with Crippen molar-refractivity contribution < 1.29 is 19.0 Å². The summed E-state index contributed by atoms with van der Waals surface area (Å²) in [5, 5.41) is 9.40. The lowest BCUT2D eigenvalue weighted by Crippen LogP contribution is -1.89. The van der Waals surface area contributed by atoms with Crippen LogP contribution < -0.4 is 4.74 Å². The van der Waals surface area contributed by atoms with E-state index in [-0.39, 0.29) is 5.56 Å². The molecule has 0 bridgehead atoms. The second-order valence-electron chi connectivity index (χ2n) is 4.43. The number of carbonyl (C=O) groups excluding carboxylic acids is 1. The molecular weight excluding hydrogens is 247 g/mol. The lowest BCUT2D eigenvalue weighted by molar-refractivity contribution is 0.112. The Balaban J connectivity index is 2.12. The molecule has 96 valence electrons. The van der Waals surface area contributed by atoms with Crippen LogP contribution in [0.25, 0.3) is 11.1 Å². The zero-order valence-corrected chi connectivity index (χ0v) is 10.0. The number of carbonyl (C=O) groups is 1. The molecule has 0 fully saturated rings. The van der Waals surface area contributed by atoms with Crippen LogP contribution in [0.4, 0.5) is 4.39 Å². The first-order valence-electron chi connectivity index (χ1n) is 5.93. The molecule has 0 saturated heterocycles. The lowest BCUT2D eigenvalue weighted by atomic mass is 9.99. The molecule has 2 aromatic rings. The van der Waals surface area contributed by atoms with Crippen LogP contribution in [0.15, 0.2) is 30.3 Å². The van der Waals surface area contributed by atoms with E-state index in [1.54, 1.807) is 0 Å². The normalized spacial score (nSPS) is 12.9. The summed E-state index contributed by atoms with van der Waals surface area (Å²) in [5.74, 6) is -0.557. The maximum Gasteiger partial charge on any atom is 0.166 e. The van der Waals surface area contributed by atoms with Crippen LogP contribution in [0.5, 0.6) is 11.5 Å². The maximum atomic E-state index is 13.6. The summed E-state index contributed by atoms with van der Waals surface area (Å²) < 4.78 is 19.0. The summed E-state index contributed by atoms with van der Waals surface area (Å²) in [4.78, 5) is 10.8. The highest BCUT2D eigenvalue weighted by atomic mass is 19.1. The standard InChI is InChI=1S/C15H11FO3/c16-13-7-11(6-12(8-17)15(13)18)9-1-2-14-10(5-9)3-4-19-14/h1-2,5-8,18H,3-4H2. The Bertz CT molecular complexity index is 665. The van der Waals surface area contributed by atoms with E-state index in [2.05, 4.69) is 0 Å². The van der Waals surface area contributed by atoms with E-state index in [1.807, 2.05) is 18.2 Å². The zero-order chi connectivity index (χ0) is 13.4. The Labute approximate surface area is 109 Å². The van der Waals surface area contributed by atoms with E-state index in [0.29, 0.717) is 18.5 Å². The minimum Gasteiger partial charge on any atom is -0.504 e. The number of halogens is 1. The first-order valence-corrected chi connectivity index (χ1v) is 5.93. The highest BCUT2D eigenvalue weighted by Gasteiger charge is 2.15. The van der Waals surface area contributed by atoms with Gasteiger partial charge in [-0.05, 0) is 41.0 Å². The fourth-order valence-electron chi connectivity index (χ4n) is 2.24. The smallest absolute Gasteiger partial charge is 0.166 e. The van der Waals surface area contributed by atoms with Crippen LogP contribution in [-0.2, 0) is 6.42 Å². The molecule has 0 aliphatic carbocycles. The largest absolute Gasteiger partial charge is 0.504 e. The van der Waals surface area contributed by atoms with Crippen molar-refractivity contribution in [3.05, 3.63) is 47.3 Å². The van der Waals surface area contributed by atoms with Crippen LogP contribution in [0.1, 0.15) is 15.9 Å². The molecule has 2 aromatic carbocycles. The number of phenolic OH excluding ortho intramolecular Hbond substituents is 1. The second kappa shape index (κ2) is 4.39. The third-order valence-electron chi connectivity index (χ3n) is 3.24. The van der Waals surface area contributed by atoms with Gasteiger partial charge in [-0.2, -0.15) is 0 Å². The highest BCUT2D eigenvalue weighted by Crippen LogP contribution is 2.33. The molecule has 19 heavy (non-hydrogen) atoms. The summed E-state index contributed by atoms with van der Waals surface area (Å²) in [5.41, 5.74) is 2.38. The molecule has 4 heteroatoms. The van der Waals surface area contributed by atoms with Gasteiger partial charge in [0.1, 0.15) is 5.75 Å². The summed E-state index contributed by atoms with van der Waals surface area (Å²) in [6, 6.07) is 8.26. The summed E-state index contributed by atoms with van der Waals surface area (Å²) in [6.07, 6.45) is 1.27. The van der Waals surface area contributed by atoms with Gasteiger partial charge in [-0.3, -0.25) is 4.79 Å². The molecule has 3 nitrogen and oxygen atoms in total. The van der Waals surface area contributed by atoms with Crippen molar-refractivity contribution >= 4 is 6.29 Å². The van der Waals surface area contributed by atoms with Gasteiger partial charge in [-0.15, -0.1) is 0 Å². The maximum absolute atomic E-state index is 13.6. The third kappa shape index (κ3) is 1.95. The number of ether oxygens (including phenoxy) is 1. The van der Waals surface area contributed by atoms with E-state index in [9.17, 15) is 14.3 Å². The van der Waals surface area contributed by atoms with Gasteiger partial charge in [0.05, 0.1) is 12.2 Å². The minimum atomic E-state index is -0.795. The molecule has 1 heterocycles. The molecule has 0 saturated carbocycles. The first-order chi connectivity index (χ1) is 9.19. The summed E-state index contributed by atoms with van der Waals surface area (Å²) in [7, 11) is 0. The van der Waals surface area contributed by atoms with E-state index in [0.717, 1.165) is 23.3 Å². The van der Waals surface area contributed by atoms with Gasteiger partial charge in [0.25, 0.3) is 0 Å². The van der Waals surface area contributed by atoms with Gasteiger partial charge in [-0.1, -0.05) is 6.07 Å². The second-order valence-corrected chi connectivity index (χ2v) is 4.43. The number of benzene rings is 2.